The summed E-state index contributed by atoms with van der Waals surface area (Å²) in [5.41, 5.74) is 10.9. The summed E-state index contributed by atoms with van der Waals surface area (Å²) >= 11 is 0. The van der Waals surface area contributed by atoms with Gasteiger partial charge in [0.05, 0.1) is 18.4 Å². The molecule has 0 aromatic carbocycles. The molecule has 0 saturated carbocycles. The zero-order valence-electron chi connectivity index (χ0n) is 12.9. The molecule has 0 aliphatic rings. The molecular formula is C15H25N5. The second kappa shape index (κ2) is 6.22. The predicted molar refractivity (Wildman–Crippen MR) is 80.7 cm³/mol. The molecule has 0 bridgehead atoms. The molecule has 2 aromatic heterocycles. The van der Waals surface area contributed by atoms with Crippen LogP contribution in [-0.2, 0) is 19.5 Å². The molecule has 2 rings (SSSR count). The lowest BCUT2D eigenvalue weighted by Gasteiger charge is -2.09. The van der Waals surface area contributed by atoms with E-state index in [9.17, 15) is 0 Å². The van der Waals surface area contributed by atoms with Gasteiger partial charge in [0, 0.05) is 30.0 Å². The van der Waals surface area contributed by atoms with E-state index < -0.39 is 0 Å². The summed E-state index contributed by atoms with van der Waals surface area (Å²) in [5.74, 6) is 0. The van der Waals surface area contributed by atoms with Crippen molar-refractivity contribution in [2.45, 2.75) is 59.7 Å². The summed E-state index contributed by atoms with van der Waals surface area (Å²) in [6.45, 7) is 10.1. The first-order valence-electron chi connectivity index (χ1n) is 7.34. The third-order valence-electron chi connectivity index (χ3n) is 3.87. The number of aryl methyl sites for hydroxylation is 2. The smallest absolute Gasteiger partial charge is 0.0693 e. The maximum absolute atomic E-state index is 6.08. The first kappa shape index (κ1) is 14.8. The van der Waals surface area contributed by atoms with Crippen LogP contribution in [0.15, 0.2) is 12.4 Å². The molecule has 5 nitrogen and oxygen atoms in total. The maximum atomic E-state index is 6.08. The Labute approximate surface area is 120 Å². The van der Waals surface area contributed by atoms with Gasteiger partial charge in [-0.3, -0.25) is 9.36 Å². The molecule has 1 unspecified atom stereocenters. The summed E-state index contributed by atoms with van der Waals surface area (Å²) in [5, 5.41) is 8.96. The molecule has 0 fully saturated rings. The van der Waals surface area contributed by atoms with Crippen LogP contribution in [0.5, 0.6) is 0 Å². The third-order valence-corrected chi connectivity index (χ3v) is 3.87. The van der Waals surface area contributed by atoms with Crippen molar-refractivity contribution in [3.63, 3.8) is 0 Å². The Morgan fingerprint density at radius 3 is 2.65 bits per heavy atom. The second-order valence-corrected chi connectivity index (χ2v) is 5.38. The Hall–Kier alpha value is -1.62. The highest BCUT2D eigenvalue weighted by Crippen LogP contribution is 2.17. The van der Waals surface area contributed by atoms with E-state index in [0.717, 1.165) is 31.6 Å². The Morgan fingerprint density at radius 2 is 2.05 bits per heavy atom. The first-order valence-corrected chi connectivity index (χ1v) is 7.34. The van der Waals surface area contributed by atoms with E-state index >= 15 is 0 Å². The molecule has 2 N–H and O–H groups in total. The Balaban J connectivity index is 2.18. The van der Waals surface area contributed by atoms with Gasteiger partial charge in [-0.25, -0.2) is 0 Å². The second-order valence-electron chi connectivity index (χ2n) is 5.38. The van der Waals surface area contributed by atoms with Crippen molar-refractivity contribution < 1.29 is 0 Å². The molecule has 0 aliphatic carbocycles. The van der Waals surface area contributed by atoms with E-state index in [-0.39, 0.29) is 6.04 Å². The van der Waals surface area contributed by atoms with Gasteiger partial charge in [0.1, 0.15) is 0 Å². The summed E-state index contributed by atoms with van der Waals surface area (Å²) in [6, 6.07) is 0.216. The molecule has 1 atom stereocenters. The van der Waals surface area contributed by atoms with Crippen molar-refractivity contribution in [1.82, 2.24) is 19.6 Å². The van der Waals surface area contributed by atoms with Crippen LogP contribution in [0.3, 0.4) is 0 Å². The maximum Gasteiger partial charge on any atom is 0.0693 e. The molecule has 5 heteroatoms. The predicted octanol–water partition coefficient (Wildman–Crippen LogP) is 2.04. The standard InChI is InChI=1S/C15H25N5/c1-5-14(16)7-15-11(3)18-20(12(15)4)10-13-8-17-19(6-2)9-13/h8-9,14H,5-7,10,16H2,1-4H3. The van der Waals surface area contributed by atoms with Gasteiger partial charge in [-0.1, -0.05) is 6.92 Å². The van der Waals surface area contributed by atoms with E-state index in [1.54, 1.807) is 0 Å². The molecular weight excluding hydrogens is 250 g/mol. The van der Waals surface area contributed by atoms with Crippen LogP contribution in [0.25, 0.3) is 0 Å². The minimum Gasteiger partial charge on any atom is -0.327 e. The molecule has 0 saturated heterocycles. The van der Waals surface area contributed by atoms with E-state index in [1.165, 1.54) is 16.8 Å². The molecule has 0 aliphatic heterocycles. The van der Waals surface area contributed by atoms with Crippen LogP contribution in [-0.4, -0.2) is 25.6 Å². The lowest BCUT2D eigenvalue weighted by atomic mass is 10.0. The number of aromatic nitrogens is 4. The largest absolute Gasteiger partial charge is 0.327 e. The van der Waals surface area contributed by atoms with Gasteiger partial charge >= 0.3 is 0 Å². The first-order chi connectivity index (χ1) is 9.55. The monoisotopic (exact) mass is 275 g/mol. The van der Waals surface area contributed by atoms with Crippen LogP contribution in [0.1, 0.15) is 42.8 Å². The highest BCUT2D eigenvalue weighted by Gasteiger charge is 2.14. The minimum atomic E-state index is 0.216. The quantitative estimate of drug-likeness (QED) is 0.877. The fourth-order valence-corrected chi connectivity index (χ4v) is 2.42. The zero-order chi connectivity index (χ0) is 14.7. The zero-order valence-corrected chi connectivity index (χ0v) is 12.9. The van der Waals surface area contributed by atoms with E-state index in [0.29, 0.717) is 0 Å². The van der Waals surface area contributed by atoms with Crippen molar-refractivity contribution in [2.24, 2.45) is 5.73 Å². The van der Waals surface area contributed by atoms with Crippen molar-refractivity contribution in [2.75, 3.05) is 0 Å². The molecule has 0 radical (unpaired) electrons. The van der Waals surface area contributed by atoms with Gasteiger partial charge in [-0.05, 0) is 39.2 Å². The van der Waals surface area contributed by atoms with Crippen molar-refractivity contribution in [1.29, 1.82) is 0 Å². The summed E-state index contributed by atoms with van der Waals surface area (Å²) in [7, 11) is 0. The Bertz CT molecular complexity index is 567. The number of hydrogen-bond donors (Lipinski definition) is 1. The Morgan fingerprint density at radius 1 is 1.30 bits per heavy atom. The molecule has 0 amide bonds. The fourth-order valence-electron chi connectivity index (χ4n) is 2.42. The molecule has 2 aromatic rings. The van der Waals surface area contributed by atoms with Gasteiger partial charge in [-0.2, -0.15) is 10.2 Å². The van der Waals surface area contributed by atoms with Crippen molar-refractivity contribution in [3.05, 3.63) is 34.9 Å². The molecule has 0 spiro atoms. The third kappa shape index (κ3) is 3.10. The van der Waals surface area contributed by atoms with Crippen molar-refractivity contribution in [3.8, 4) is 0 Å². The van der Waals surface area contributed by atoms with Crippen LogP contribution >= 0.6 is 0 Å². The SMILES string of the molecule is CCC(N)Cc1c(C)nn(Cc2cnn(CC)c2)c1C. The molecule has 110 valence electrons. The fraction of sp³-hybridized carbons (Fsp3) is 0.600. The minimum absolute atomic E-state index is 0.216. The van der Waals surface area contributed by atoms with E-state index in [1.807, 2.05) is 10.9 Å². The van der Waals surface area contributed by atoms with Crippen LogP contribution in [0, 0.1) is 13.8 Å². The number of nitrogens with zero attached hydrogens (tertiary/aromatic N) is 4. The van der Waals surface area contributed by atoms with Gasteiger partial charge in [0.15, 0.2) is 0 Å². The summed E-state index contributed by atoms with van der Waals surface area (Å²) < 4.78 is 4.00. The van der Waals surface area contributed by atoms with Gasteiger partial charge in [-0.15, -0.1) is 0 Å². The lowest BCUT2D eigenvalue weighted by molar-refractivity contribution is 0.634. The highest BCUT2D eigenvalue weighted by molar-refractivity contribution is 5.26. The summed E-state index contributed by atoms with van der Waals surface area (Å²) in [4.78, 5) is 0. The van der Waals surface area contributed by atoms with Gasteiger partial charge in [0.2, 0.25) is 0 Å². The number of hydrogen-bond acceptors (Lipinski definition) is 3. The highest BCUT2D eigenvalue weighted by atomic mass is 15.3. The van der Waals surface area contributed by atoms with Crippen molar-refractivity contribution >= 4 is 0 Å². The average Bonchev–Trinajstić information content (AvgIpc) is 2.99. The average molecular weight is 275 g/mol. The van der Waals surface area contributed by atoms with Gasteiger partial charge < -0.3 is 5.73 Å². The topological polar surface area (TPSA) is 61.7 Å². The number of rotatable bonds is 6. The molecule has 20 heavy (non-hydrogen) atoms. The van der Waals surface area contributed by atoms with E-state index in [4.69, 9.17) is 5.73 Å². The lowest BCUT2D eigenvalue weighted by Crippen LogP contribution is -2.22. The van der Waals surface area contributed by atoms with Crippen LogP contribution in [0.4, 0.5) is 0 Å². The van der Waals surface area contributed by atoms with Crippen LogP contribution < -0.4 is 5.73 Å². The number of nitrogens with two attached hydrogens (primary N) is 1. The Kier molecular flexibility index (Phi) is 4.60. The van der Waals surface area contributed by atoms with E-state index in [2.05, 4.69) is 48.8 Å². The summed E-state index contributed by atoms with van der Waals surface area (Å²) in [6.07, 6.45) is 5.89. The molecule has 2 heterocycles. The normalized spacial score (nSPS) is 12.8. The van der Waals surface area contributed by atoms with Gasteiger partial charge in [0.25, 0.3) is 0 Å². The van der Waals surface area contributed by atoms with Crippen LogP contribution in [0.2, 0.25) is 0 Å².